The standard InChI is InChI=1S/C12H15N5OS/c1-8-4-6-10(7-5-8)17-12(14-15-16-17)19-9(2)11(18)13-3/h4-7,9H,1-3H3,(H,13,18). The molecule has 1 N–H and O–H groups in total. The van der Waals surface area contributed by atoms with Crippen LogP contribution in [-0.4, -0.2) is 38.4 Å². The van der Waals surface area contributed by atoms with E-state index in [0.717, 1.165) is 5.69 Å². The SMILES string of the molecule is CNC(=O)C(C)Sc1nnnn1-c1ccc(C)cc1. The number of rotatable bonds is 4. The molecule has 0 spiro atoms. The molecule has 1 aromatic carbocycles. The number of nitrogens with one attached hydrogen (secondary N) is 1. The van der Waals surface area contributed by atoms with Gasteiger partial charge in [0.2, 0.25) is 11.1 Å². The molecule has 0 aliphatic heterocycles. The Bertz CT molecular complexity index is 566. The molecule has 0 fully saturated rings. The molecule has 2 aromatic rings. The topological polar surface area (TPSA) is 72.7 Å². The molecule has 0 radical (unpaired) electrons. The third kappa shape index (κ3) is 3.11. The van der Waals surface area contributed by atoms with Crippen molar-refractivity contribution in [1.82, 2.24) is 25.5 Å². The van der Waals surface area contributed by atoms with Crippen molar-refractivity contribution in [1.29, 1.82) is 0 Å². The predicted octanol–water partition coefficient (Wildman–Crippen LogP) is 1.20. The zero-order chi connectivity index (χ0) is 13.8. The van der Waals surface area contributed by atoms with Crippen LogP contribution in [0.15, 0.2) is 29.4 Å². The lowest BCUT2D eigenvalue weighted by Gasteiger charge is -2.09. The van der Waals surface area contributed by atoms with Crippen LogP contribution < -0.4 is 5.32 Å². The lowest BCUT2D eigenvalue weighted by atomic mass is 10.2. The molecule has 1 heterocycles. The summed E-state index contributed by atoms with van der Waals surface area (Å²) in [6, 6.07) is 7.88. The Balaban J connectivity index is 2.22. The third-order valence-electron chi connectivity index (χ3n) is 2.62. The van der Waals surface area contributed by atoms with Crippen molar-refractivity contribution in [2.24, 2.45) is 0 Å². The second kappa shape index (κ2) is 5.83. The predicted molar refractivity (Wildman–Crippen MR) is 73.3 cm³/mol. The molecular weight excluding hydrogens is 262 g/mol. The first-order chi connectivity index (χ1) is 9.11. The van der Waals surface area contributed by atoms with Crippen molar-refractivity contribution in [2.75, 3.05) is 7.05 Å². The first-order valence-corrected chi connectivity index (χ1v) is 6.73. The van der Waals surface area contributed by atoms with Gasteiger partial charge in [0.05, 0.1) is 10.9 Å². The van der Waals surface area contributed by atoms with Gasteiger partial charge in [0, 0.05) is 7.05 Å². The van der Waals surface area contributed by atoms with Gasteiger partial charge in [-0.05, 0) is 36.4 Å². The number of thioether (sulfide) groups is 1. The monoisotopic (exact) mass is 277 g/mol. The molecule has 0 aliphatic carbocycles. The Kier molecular flexibility index (Phi) is 4.16. The van der Waals surface area contributed by atoms with Crippen molar-refractivity contribution in [3.05, 3.63) is 29.8 Å². The Morgan fingerprint density at radius 3 is 2.68 bits per heavy atom. The minimum Gasteiger partial charge on any atom is -0.358 e. The summed E-state index contributed by atoms with van der Waals surface area (Å²) in [5, 5.41) is 14.5. The van der Waals surface area contributed by atoms with E-state index in [0.29, 0.717) is 5.16 Å². The largest absolute Gasteiger partial charge is 0.358 e. The first kappa shape index (κ1) is 13.5. The van der Waals surface area contributed by atoms with E-state index in [4.69, 9.17) is 0 Å². The highest BCUT2D eigenvalue weighted by Crippen LogP contribution is 2.22. The summed E-state index contributed by atoms with van der Waals surface area (Å²) >= 11 is 1.32. The summed E-state index contributed by atoms with van der Waals surface area (Å²) in [7, 11) is 1.61. The number of carbonyl (C=O) groups is 1. The maximum Gasteiger partial charge on any atom is 0.233 e. The van der Waals surface area contributed by atoms with E-state index in [1.54, 1.807) is 11.7 Å². The van der Waals surface area contributed by atoms with Gasteiger partial charge in [-0.1, -0.05) is 29.5 Å². The molecule has 1 unspecified atom stereocenters. The number of aromatic nitrogens is 4. The Morgan fingerprint density at radius 1 is 1.37 bits per heavy atom. The maximum absolute atomic E-state index is 11.5. The number of aryl methyl sites for hydroxylation is 1. The Labute approximate surface area is 115 Å². The molecule has 0 bridgehead atoms. The van der Waals surface area contributed by atoms with Gasteiger partial charge in [-0.25, -0.2) is 0 Å². The van der Waals surface area contributed by atoms with E-state index in [9.17, 15) is 4.79 Å². The Hall–Kier alpha value is -1.89. The number of benzene rings is 1. The number of hydrogen-bond donors (Lipinski definition) is 1. The molecule has 6 nitrogen and oxygen atoms in total. The van der Waals surface area contributed by atoms with Gasteiger partial charge >= 0.3 is 0 Å². The summed E-state index contributed by atoms with van der Waals surface area (Å²) in [6.07, 6.45) is 0. The van der Waals surface area contributed by atoms with E-state index in [-0.39, 0.29) is 11.2 Å². The van der Waals surface area contributed by atoms with Crippen LogP contribution in [0.25, 0.3) is 5.69 Å². The molecule has 7 heteroatoms. The average molecular weight is 277 g/mol. The van der Waals surface area contributed by atoms with Crippen molar-refractivity contribution in [3.8, 4) is 5.69 Å². The van der Waals surface area contributed by atoms with Crippen LogP contribution in [0.1, 0.15) is 12.5 Å². The fourth-order valence-electron chi connectivity index (χ4n) is 1.52. The summed E-state index contributed by atoms with van der Waals surface area (Å²) in [5.41, 5.74) is 2.05. The normalized spacial score (nSPS) is 12.2. The van der Waals surface area contributed by atoms with Gasteiger partial charge in [0.1, 0.15) is 0 Å². The third-order valence-corrected chi connectivity index (χ3v) is 3.65. The van der Waals surface area contributed by atoms with Gasteiger partial charge < -0.3 is 5.32 Å². The van der Waals surface area contributed by atoms with Crippen LogP contribution in [-0.2, 0) is 4.79 Å². The minimum absolute atomic E-state index is 0.0524. The fraction of sp³-hybridized carbons (Fsp3) is 0.333. The van der Waals surface area contributed by atoms with Crippen LogP contribution >= 0.6 is 11.8 Å². The number of amides is 1. The highest BCUT2D eigenvalue weighted by atomic mass is 32.2. The summed E-state index contributed by atoms with van der Waals surface area (Å²) in [4.78, 5) is 11.5. The van der Waals surface area contributed by atoms with Crippen LogP contribution in [0.4, 0.5) is 0 Å². The van der Waals surface area contributed by atoms with Gasteiger partial charge in [-0.15, -0.1) is 5.10 Å². The lowest BCUT2D eigenvalue weighted by Crippen LogP contribution is -2.27. The highest BCUT2D eigenvalue weighted by molar-refractivity contribution is 8.00. The molecule has 0 aliphatic rings. The quantitative estimate of drug-likeness (QED) is 0.850. The highest BCUT2D eigenvalue weighted by Gasteiger charge is 2.17. The van der Waals surface area contributed by atoms with Crippen LogP contribution in [0.5, 0.6) is 0 Å². The van der Waals surface area contributed by atoms with E-state index in [1.165, 1.54) is 17.3 Å². The van der Waals surface area contributed by atoms with E-state index in [1.807, 2.05) is 38.1 Å². The van der Waals surface area contributed by atoms with Gasteiger partial charge in [-0.2, -0.15) is 4.68 Å². The number of hydrogen-bond acceptors (Lipinski definition) is 5. The van der Waals surface area contributed by atoms with E-state index >= 15 is 0 Å². The molecular formula is C12H15N5OS. The van der Waals surface area contributed by atoms with Crippen LogP contribution in [0, 0.1) is 6.92 Å². The summed E-state index contributed by atoms with van der Waals surface area (Å²) in [6.45, 7) is 3.84. The second-order valence-corrected chi connectivity index (χ2v) is 5.39. The van der Waals surface area contributed by atoms with Gasteiger partial charge in [0.15, 0.2) is 0 Å². The van der Waals surface area contributed by atoms with Crippen molar-refractivity contribution >= 4 is 17.7 Å². The van der Waals surface area contributed by atoms with Crippen molar-refractivity contribution in [2.45, 2.75) is 24.3 Å². The zero-order valence-electron chi connectivity index (χ0n) is 11.0. The molecule has 0 saturated carbocycles. The second-order valence-electron chi connectivity index (χ2n) is 4.08. The average Bonchev–Trinajstić information content (AvgIpc) is 2.86. The molecule has 1 amide bonds. The number of nitrogens with zero attached hydrogens (tertiary/aromatic N) is 4. The summed E-state index contributed by atoms with van der Waals surface area (Å²) < 4.78 is 1.63. The minimum atomic E-state index is -0.250. The van der Waals surface area contributed by atoms with Crippen molar-refractivity contribution < 1.29 is 4.79 Å². The zero-order valence-corrected chi connectivity index (χ0v) is 11.8. The van der Waals surface area contributed by atoms with Crippen molar-refractivity contribution in [3.63, 3.8) is 0 Å². The summed E-state index contributed by atoms with van der Waals surface area (Å²) in [5.74, 6) is -0.0524. The first-order valence-electron chi connectivity index (χ1n) is 5.85. The van der Waals surface area contributed by atoms with E-state index in [2.05, 4.69) is 20.8 Å². The molecule has 1 aromatic heterocycles. The van der Waals surface area contributed by atoms with Gasteiger partial charge in [-0.3, -0.25) is 4.79 Å². The molecule has 0 saturated heterocycles. The van der Waals surface area contributed by atoms with Gasteiger partial charge in [0.25, 0.3) is 0 Å². The molecule has 100 valence electrons. The Morgan fingerprint density at radius 2 is 2.05 bits per heavy atom. The molecule has 1 atom stereocenters. The van der Waals surface area contributed by atoms with Crippen LogP contribution in [0.3, 0.4) is 0 Å². The lowest BCUT2D eigenvalue weighted by molar-refractivity contribution is -0.119. The van der Waals surface area contributed by atoms with Crippen LogP contribution in [0.2, 0.25) is 0 Å². The maximum atomic E-state index is 11.5. The molecule has 2 rings (SSSR count). The number of carbonyl (C=O) groups excluding carboxylic acids is 1. The smallest absolute Gasteiger partial charge is 0.233 e. The van der Waals surface area contributed by atoms with E-state index < -0.39 is 0 Å². The fourth-order valence-corrected chi connectivity index (χ4v) is 2.38. The number of tetrazole rings is 1. The molecule has 19 heavy (non-hydrogen) atoms.